The van der Waals surface area contributed by atoms with Crippen molar-refractivity contribution in [1.82, 2.24) is 14.5 Å². The second-order valence-electron chi connectivity index (χ2n) is 8.23. The van der Waals surface area contributed by atoms with Gasteiger partial charge in [0.05, 0.1) is 19.4 Å². The smallest absolute Gasteiger partial charge is 0.220 e. The van der Waals surface area contributed by atoms with Gasteiger partial charge in [-0.2, -0.15) is 0 Å². The van der Waals surface area contributed by atoms with Gasteiger partial charge in [-0.05, 0) is 43.9 Å². The first-order valence-corrected chi connectivity index (χ1v) is 11.1. The Kier molecular flexibility index (Phi) is 7.14. The molecule has 0 amide bonds. The van der Waals surface area contributed by atoms with E-state index in [0.29, 0.717) is 37.8 Å². The number of benzene rings is 1. The van der Waals surface area contributed by atoms with E-state index >= 15 is 0 Å². The fourth-order valence-electron chi connectivity index (χ4n) is 4.13. The fourth-order valence-corrected chi connectivity index (χ4v) is 4.13. The molecule has 1 aromatic carbocycles. The highest BCUT2D eigenvalue weighted by Crippen LogP contribution is 2.36. The van der Waals surface area contributed by atoms with Crippen LogP contribution in [0.2, 0.25) is 0 Å². The van der Waals surface area contributed by atoms with Gasteiger partial charge in [-0.25, -0.2) is 9.97 Å². The number of ether oxygens (including phenoxy) is 3. The molecule has 33 heavy (non-hydrogen) atoms. The summed E-state index contributed by atoms with van der Waals surface area (Å²) in [6.07, 6.45) is 7.09. The molecule has 0 bridgehead atoms. The van der Waals surface area contributed by atoms with Crippen molar-refractivity contribution in [1.29, 1.82) is 0 Å². The standard InChI is InChI=1S/C25H30N4O4/c1-31-12-11-29-17-20(23-22(33-14-13-32-2)16-27-24(26)28-23)19-15-18(5-6-21(19)29)7-10-25(30)8-3-4-9-25/h5-6,15-17,30H,3-4,8-9,11-14H2,1-2H3,(H2,26,27,28). The van der Waals surface area contributed by atoms with Crippen molar-refractivity contribution in [2.24, 2.45) is 0 Å². The molecule has 1 aliphatic carbocycles. The van der Waals surface area contributed by atoms with E-state index in [1.165, 1.54) is 0 Å². The topological polar surface area (TPSA) is 105 Å². The summed E-state index contributed by atoms with van der Waals surface area (Å²) in [5.74, 6) is 6.97. The monoisotopic (exact) mass is 450 g/mol. The Morgan fingerprint density at radius 2 is 1.94 bits per heavy atom. The summed E-state index contributed by atoms with van der Waals surface area (Å²) in [4.78, 5) is 8.60. The molecule has 3 aromatic rings. The predicted octanol–water partition coefficient (Wildman–Crippen LogP) is 3.01. The summed E-state index contributed by atoms with van der Waals surface area (Å²) in [6.45, 7) is 2.07. The molecular weight excluding hydrogens is 420 g/mol. The number of rotatable bonds is 8. The average molecular weight is 451 g/mol. The average Bonchev–Trinajstić information content (AvgIpc) is 3.41. The van der Waals surface area contributed by atoms with Crippen molar-refractivity contribution in [3.63, 3.8) is 0 Å². The number of nitrogens with zero attached hydrogens (tertiary/aromatic N) is 3. The molecular formula is C25H30N4O4. The van der Waals surface area contributed by atoms with Gasteiger partial charge < -0.3 is 29.6 Å². The lowest BCUT2D eigenvalue weighted by atomic mass is 10.0. The maximum Gasteiger partial charge on any atom is 0.220 e. The van der Waals surface area contributed by atoms with E-state index < -0.39 is 5.60 Å². The van der Waals surface area contributed by atoms with Crippen molar-refractivity contribution in [2.45, 2.75) is 37.8 Å². The lowest BCUT2D eigenvalue weighted by Crippen LogP contribution is -2.20. The molecule has 0 saturated heterocycles. The van der Waals surface area contributed by atoms with Gasteiger partial charge in [0.15, 0.2) is 5.75 Å². The Hall–Kier alpha value is -3.12. The molecule has 2 heterocycles. The Morgan fingerprint density at radius 3 is 2.70 bits per heavy atom. The van der Waals surface area contributed by atoms with Gasteiger partial charge in [0, 0.05) is 49.0 Å². The molecule has 0 aliphatic heterocycles. The van der Waals surface area contributed by atoms with E-state index in [2.05, 4.69) is 26.4 Å². The van der Waals surface area contributed by atoms with E-state index in [1.54, 1.807) is 20.4 Å². The normalized spacial score (nSPS) is 14.9. The Morgan fingerprint density at radius 1 is 1.15 bits per heavy atom. The van der Waals surface area contributed by atoms with Crippen molar-refractivity contribution >= 4 is 16.9 Å². The largest absolute Gasteiger partial charge is 0.487 e. The van der Waals surface area contributed by atoms with Gasteiger partial charge in [0.1, 0.15) is 17.9 Å². The van der Waals surface area contributed by atoms with Crippen LogP contribution in [-0.2, 0) is 16.0 Å². The van der Waals surface area contributed by atoms with Crippen LogP contribution in [0.15, 0.2) is 30.6 Å². The number of hydrogen-bond donors (Lipinski definition) is 2. The minimum absolute atomic E-state index is 0.168. The third-order valence-corrected chi connectivity index (χ3v) is 5.86. The van der Waals surface area contributed by atoms with Crippen LogP contribution in [0.25, 0.3) is 22.2 Å². The Labute approximate surface area is 193 Å². The zero-order chi connectivity index (χ0) is 23.3. The molecule has 0 unspecified atom stereocenters. The van der Waals surface area contributed by atoms with E-state index in [-0.39, 0.29) is 5.95 Å². The number of fused-ring (bicyclic) bond motifs is 1. The first kappa shape index (κ1) is 23.1. The molecule has 8 nitrogen and oxygen atoms in total. The van der Waals surface area contributed by atoms with Gasteiger partial charge >= 0.3 is 0 Å². The van der Waals surface area contributed by atoms with Gasteiger partial charge in [0.2, 0.25) is 5.95 Å². The summed E-state index contributed by atoms with van der Waals surface area (Å²) in [7, 11) is 3.30. The van der Waals surface area contributed by atoms with Crippen LogP contribution < -0.4 is 10.5 Å². The fraction of sp³-hybridized carbons (Fsp3) is 0.440. The maximum atomic E-state index is 10.6. The second-order valence-corrected chi connectivity index (χ2v) is 8.23. The first-order chi connectivity index (χ1) is 16.0. The van der Waals surface area contributed by atoms with E-state index in [0.717, 1.165) is 47.7 Å². The molecule has 2 aromatic heterocycles. The van der Waals surface area contributed by atoms with Crippen LogP contribution >= 0.6 is 0 Å². The minimum atomic E-state index is -0.883. The maximum absolute atomic E-state index is 10.6. The lowest BCUT2D eigenvalue weighted by molar-refractivity contribution is 0.110. The van der Waals surface area contributed by atoms with Crippen LogP contribution in [0.4, 0.5) is 5.95 Å². The molecule has 1 fully saturated rings. The lowest BCUT2D eigenvalue weighted by Gasteiger charge is -2.12. The number of aliphatic hydroxyl groups is 1. The van der Waals surface area contributed by atoms with Crippen LogP contribution in [0.5, 0.6) is 5.75 Å². The van der Waals surface area contributed by atoms with Crippen LogP contribution in [0.1, 0.15) is 31.2 Å². The highest BCUT2D eigenvalue weighted by Gasteiger charge is 2.28. The third kappa shape index (κ3) is 5.28. The van der Waals surface area contributed by atoms with Crippen molar-refractivity contribution < 1.29 is 19.3 Å². The van der Waals surface area contributed by atoms with Crippen molar-refractivity contribution in [3.05, 3.63) is 36.2 Å². The number of anilines is 1. The summed E-state index contributed by atoms with van der Waals surface area (Å²) >= 11 is 0. The van der Waals surface area contributed by atoms with Gasteiger partial charge in [-0.1, -0.05) is 11.8 Å². The number of aromatic nitrogens is 3. The van der Waals surface area contributed by atoms with Crippen molar-refractivity contribution in [3.8, 4) is 28.8 Å². The van der Waals surface area contributed by atoms with E-state index in [1.807, 2.05) is 24.4 Å². The SMILES string of the molecule is COCCOc1cnc(N)nc1-c1cn(CCOC)c2ccc(C#CC3(O)CCCC3)cc12. The van der Waals surface area contributed by atoms with Gasteiger partial charge in [0.25, 0.3) is 0 Å². The summed E-state index contributed by atoms with van der Waals surface area (Å²) in [5, 5.41) is 11.6. The van der Waals surface area contributed by atoms with Crippen molar-refractivity contribution in [2.75, 3.05) is 39.8 Å². The molecule has 8 heteroatoms. The van der Waals surface area contributed by atoms with Crippen LogP contribution in [0, 0.1) is 11.8 Å². The summed E-state index contributed by atoms with van der Waals surface area (Å²) in [6, 6.07) is 6.04. The van der Waals surface area contributed by atoms with E-state index in [9.17, 15) is 5.11 Å². The Bertz CT molecular complexity index is 1170. The minimum Gasteiger partial charge on any atom is -0.487 e. The Balaban J connectivity index is 1.80. The highest BCUT2D eigenvalue weighted by atomic mass is 16.5. The summed E-state index contributed by atoms with van der Waals surface area (Å²) in [5.41, 5.74) is 8.38. The second kappa shape index (κ2) is 10.2. The van der Waals surface area contributed by atoms with Gasteiger partial charge in [-0.3, -0.25) is 0 Å². The molecule has 0 radical (unpaired) electrons. The first-order valence-electron chi connectivity index (χ1n) is 11.1. The molecule has 3 N–H and O–H groups in total. The highest BCUT2D eigenvalue weighted by molar-refractivity contribution is 5.97. The van der Waals surface area contributed by atoms with Crippen LogP contribution in [-0.4, -0.2) is 59.3 Å². The van der Waals surface area contributed by atoms with Crippen LogP contribution in [0.3, 0.4) is 0 Å². The number of hydrogen-bond acceptors (Lipinski definition) is 7. The zero-order valence-electron chi connectivity index (χ0n) is 19.1. The number of nitrogens with two attached hydrogens (primary N) is 1. The molecule has 1 saturated carbocycles. The van der Waals surface area contributed by atoms with Gasteiger partial charge in [-0.15, -0.1) is 0 Å². The molecule has 0 spiro atoms. The molecule has 1 aliphatic rings. The number of methoxy groups -OCH3 is 2. The molecule has 0 atom stereocenters. The zero-order valence-corrected chi connectivity index (χ0v) is 19.1. The quantitative estimate of drug-likeness (QED) is 0.401. The molecule has 4 rings (SSSR count). The summed E-state index contributed by atoms with van der Waals surface area (Å²) < 4.78 is 18.4. The number of nitrogen functional groups attached to an aromatic ring is 1. The third-order valence-electron chi connectivity index (χ3n) is 5.86. The molecule has 174 valence electrons. The predicted molar refractivity (Wildman–Crippen MR) is 127 cm³/mol. The van der Waals surface area contributed by atoms with E-state index in [4.69, 9.17) is 19.9 Å².